The molecule has 0 N–H and O–H groups in total. The van der Waals surface area contributed by atoms with E-state index in [4.69, 9.17) is 19.6 Å². The minimum Gasteiger partial charge on any atom is -0.490 e. The first kappa shape index (κ1) is 29.8. The molecule has 9 nitrogen and oxygen atoms in total. The Labute approximate surface area is 267 Å². The number of carbonyl (C=O) groups is 1. The summed E-state index contributed by atoms with van der Waals surface area (Å²) < 4.78 is 46.2. The highest BCUT2D eigenvalue weighted by atomic mass is 32.1. The number of amides is 1. The fourth-order valence-electron chi connectivity index (χ4n) is 6.16. The lowest BCUT2D eigenvalue weighted by Gasteiger charge is -2.33. The van der Waals surface area contributed by atoms with Crippen LogP contribution in [-0.4, -0.2) is 62.2 Å². The number of hydrogen-bond acceptors (Lipinski definition) is 7. The van der Waals surface area contributed by atoms with Crippen molar-refractivity contribution in [3.8, 4) is 39.5 Å². The van der Waals surface area contributed by atoms with E-state index in [9.17, 15) is 9.18 Å². The average Bonchev–Trinajstić information content (AvgIpc) is 3.79. The number of fused-ring (bicyclic) bond motifs is 3. The fraction of sp³-hybridized carbons (Fsp3) is 0.235. The molecule has 0 fully saturated rings. The first-order chi connectivity index (χ1) is 22.3. The third-order valence-corrected chi connectivity index (χ3v) is 9.32. The largest absolute Gasteiger partial charge is 0.490 e. The summed E-state index contributed by atoms with van der Waals surface area (Å²) in [6.07, 6.45) is 3.11. The summed E-state index contributed by atoms with van der Waals surface area (Å²) in [6, 6.07) is 11.6. The summed E-state index contributed by atoms with van der Waals surface area (Å²) in [4.78, 5) is 19.5. The van der Waals surface area contributed by atoms with Crippen LogP contribution < -0.4 is 4.74 Å². The quantitative estimate of drug-likeness (QED) is 0.135. The van der Waals surface area contributed by atoms with Crippen LogP contribution in [0, 0.1) is 11.6 Å². The molecule has 0 unspecified atom stereocenters. The van der Waals surface area contributed by atoms with Crippen LogP contribution in [-0.2, 0) is 23.1 Å². The zero-order chi connectivity index (χ0) is 32.1. The first-order valence-corrected chi connectivity index (χ1v) is 15.6. The van der Waals surface area contributed by atoms with Crippen molar-refractivity contribution in [1.82, 2.24) is 29.4 Å². The maximum absolute atomic E-state index is 16.0. The Kier molecular flexibility index (Phi) is 7.61. The number of pyridine rings is 1. The number of ether oxygens (including phenoxy) is 2. The van der Waals surface area contributed by atoms with Gasteiger partial charge in [0.05, 0.1) is 52.6 Å². The minimum atomic E-state index is -0.785. The molecule has 1 aliphatic rings. The highest BCUT2D eigenvalue weighted by molar-refractivity contribution is 7.17. The van der Waals surface area contributed by atoms with Gasteiger partial charge in [0.1, 0.15) is 35.4 Å². The van der Waals surface area contributed by atoms with Crippen LogP contribution in [0.5, 0.6) is 5.75 Å². The van der Waals surface area contributed by atoms with Gasteiger partial charge in [0, 0.05) is 54.7 Å². The monoisotopic (exact) mass is 640 g/mol. The van der Waals surface area contributed by atoms with Crippen LogP contribution in [0.4, 0.5) is 8.78 Å². The van der Waals surface area contributed by atoms with E-state index >= 15 is 4.39 Å². The molecular formula is C34H30F2N6O3S. The predicted molar refractivity (Wildman–Crippen MR) is 174 cm³/mol. The Hall–Kier alpha value is -4.94. The Morgan fingerprint density at radius 1 is 1.11 bits per heavy atom. The lowest BCUT2D eigenvalue weighted by molar-refractivity contribution is -0.129. The number of aromatic nitrogens is 5. The van der Waals surface area contributed by atoms with Crippen LogP contribution in [0.25, 0.3) is 54.8 Å². The third-order valence-electron chi connectivity index (χ3n) is 8.40. The number of carbonyl (C=O) groups excluding carboxylic acids is 1. The van der Waals surface area contributed by atoms with Crippen molar-refractivity contribution in [1.29, 1.82) is 0 Å². The van der Waals surface area contributed by atoms with Crippen molar-refractivity contribution in [3.05, 3.63) is 84.0 Å². The highest BCUT2D eigenvalue weighted by Gasteiger charge is 2.31. The number of aryl methyl sites for hydroxylation is 1. The second kappa shape index (κ2) is 11.8. The minimum absolute atomic E-state index is 0.0368. The van der Waals surface area contributed by atoms with E-state index in [-0.39, 0.29) is 36.5 Å². The molecule has 1 aliphatic heterocycles. The van der Waals surface area contributed by atoms with Gasteiger partial charge in [-0.05, 0) is 42.6 Å². The van der Waals surface area contributed by atoms with E-state index in [1.165, 1.54) is 30.6 Å². The zero-order valence-corrected chi connectivity index (χ0v) is 26.3. The maximum atomic E-state index is 16.0. The molecule has 4 aromatic heterocycles. The second-order valence-electron chi connectivity index (χ2n) is 11.1. The Bertz CT molecular complexity index is 2150. The molecule has 0 saturated carbocycles. The number of thiophene rings is 1. The molecule has 7 rings (SSSR count). The van der Waals surface area contributed by atoms with Crippen molar-refractivity contribution in [2.75, 3.05) is 26.9 Å². The van der Waals surface area contributed by atoms with E-state index < -0.39 is 11.6 Å². The van der Waals surface area contributed by atoms with Crippen molar-refractivity contribution in [2.24, 2.45) is 7.05 Å². The van der Waals surface area contributed by atoms with E-state index in [1.54, 1.807) is 15.8 Å². The topological polar surface area (TPSA) is 87.3 Å². The Morgan fingerprint density at radius 3 is 2.76 bits per heavy atom. The summed E-state index contributed by atoms with van der Waals surface area (Å²) in [7, 11) is 3.42. The van der Waals surface area contributed by atoms with Gasteiger partial charge < -0.3 is 14.4 Å². The lowest BCUT2D eigenvalue weighted by Crippen LogP contribution is -2.40. The Balaban J connectivity index is 1.50. The number of hydrogen-bond donors (Lipinski definition) is 0. The van der Waals surface area contributed by atoms with Gasteiger partial charge in [0.15, 0.2) is 0 Å². The summed E-state index contributed by atoms with van der Waals surface area (Å²) in [5, 5.41) is 12.9. The normalized spacial score (nSPS) is 14.6. The molecule has 1 amide bonds. The molecule has 12 heteroatoms. The molecule has 0 radical (unpaired) electrons. The average molecular weight is 641 g/mol. The number of benzene rings is 2. The van der Waals surface area contributed by atoms with Crippen molar-refractivity contribution in [3.63, 3.8) is 0 Å². The number of nitrogens with zero attached hydrogens (tertiary/aromatic N) is 6. The molecule has 0 aliphatic carbocycles. The molecule has 234 valence electrons. The smallest absolute Gasteiger partial charge is 0.246 e. The summed E-state index contributed by atoms with van der Waals surface area (Å²) in [5.41, 5.74) is 4.76. The first-order valence-electron chi connectivity index (χ1n) is 14.7. The molecule has 0 spiro atoms. The van der Waals surface area contributed by atoms with Gasteiger partial charge in [-0.15, -0.1) is 11.3 Å². The summed E-state index contributed by atoms with van der Waals surface area (Å²) >= 11 is 1.48. The van der Waals surface area contributed by atoms with E-state index in [2.05, 4.69) is 11.7 Å². The third kappa shape index (κ3) is 4.94. The second-order valence-corrected chi connectivity index (χ2v) is 12.0. The molecular weight excluding hydrogens is 610 g/mol. The van der Waals surface area contributed by atoms with Gasteiger partial charge in [0.25, 0.3) is 0 Å². The maximum Gasteiger partial charge on any atom is 0.246 e. The molecule has 0 saturated heterocycles. The van der Waals surface area contributed by atoms with Gasteiger partial charge >= 0.3 is 0 Å². The van der Waals surface area contributed by atoms with Crippen LogP contribution in [0.2, 0.25) is 0 Å². The summed E-state index contributed by atoms with van der Waals surface area (Å²) in [5.74, 6) is -1.67. The standard InChI is InChI=1S/C34H30F2N6O3S/c1-5-29(43)41-9-10-42-27(19(41)2)17-25(39-42)33-30(31-24(36)15-22(35)16-28(31)45-12-11-44-4)23-8-13-46-34(23)32(38-33)20-6-7-26-21(14-20)18-37-40(26)3/h5-8,13-19H,1,9-12H2,2-4H3/t19-/m1/s1. The molecule has 5 heterocycles. The molecule has 0 bridgehead atoms. The lowest BCUT2D eigenvalue weighted by atomic mass is 9.95. The van der Waals surface area contributed by atoms with E-state index in [1.807, 2.05) is 54.4 Å². The van der Waals surface area contributed by atoms with Crippen molar-refractivity contribution < 1.29 is 23.0 Å². The zero-order valence-electron chi connectivity index (χ0n) is 25.5. The van der Waals surface area contributed by atoms with Crippen molar-refractivity contribution >= 4 is 38.2 Å². The fourth-order valence-corrected chi connectivity index (χ4v) is 7.07. The highest BCUT2D eigenvalue weighted by Crippen LogP contribution is 2.47. The van der Waals surface area contributed by atoms with Crippen LogP contribution in [0.1, 0.15) is 18.7 Å². The van der Waals surface area contributed by atoms with E-state index in [0.29, 0.717) is 35.7 Å². The Morgan fingerprint density at radius 2 is 1.96 bits per heavy atom. The van der Waals surface area contributed by atoms with Gasteiger partial charge in [-0.25, -0.2) is 13.8 Å². The van der Waals surface area contributed by atoms with E-state index in [0.717, 1.165) is 38.3 Å². The number of methoxy groups -OCH3 is 1. The van der Waals surface area contributed by atoms with Gasteiger partial charge in [-0.3, -0.25) is 14.2 Å². The molecule has 6 aromatic rings. The predicted octanol–water partition coefficient (Wildman–Crippen LogP) is 6.77. The summed E-state index contributed by atoms with van der Waals surface area (Å²) in [6.45, 7) is 6.84. The van der Waals surface area contributed by atoms with Crippen LogP contribution in [0.3, 0.4) is 0 Å². The van der Waals surface area contributed by atoms with Gasteiger partial charge in [-0.1, -0.05) is 12.6 Å². The van der Waals surface area contributed by atoms with Gasteiger partial charge in [-0.2, -0.15) is 10.2 Å². The molecule has 46 heavy (non-hydrogen) atoms. The number of halogens is 2. The van der Waals surface area contributed by atoms with Crippen LogP contribution >= 0.6 is 11.3 Å². The number of rotatable bonds is 8. The van der Waals surface area contributed by atoms with Gasteiger partial charge in [0.2, 0.25) is 5.91 Å². The van der Waals surface area contributed by atoms with Crippen molar-refractivity contribution in [2.45, 2.75) is 19.5 Å². The van der Waals surface area contributed by atoms with Crippen LogP contribution in [0.15, 0.2) is 66.7 Å². The molecule has 1 atom stereocenters. The SMILES string of the molecule is C=CC(=O)N1CCn2nc(-c3nc(-c4ccc5c(cnn5C)c4)c4sccc4c3-c3c(F)cc(F)cc3OCCOC)cc2[C@H]1C. The molecule has 2 aromatic carbocycles.